The van der Waals surface area contributed by atoms with Gasteiger partial charge in [0.2, 0.25) is 21.8 Å². The van der Waals surface area contributed by atoms with Crippen LogP contribution in [0.1, 0.15) is 31.1 Å². The second-order valence-corrected chi connectivity index (χ2v) is 9.63. The normalized spacial score (nSPS) is 12.1. The van der Waals surface area contributed by atoms with Gasteiger partial charge < -0.3 is 9.73 Å². The van der Waals surface area contributed by atoms with Crippen LogP contribution in [0, 0.1) is 0 Å². The monoisotopic (exact) mass is 439 g/mol. The number of aromatic nitrogens is 1. The van der Waals surface area contributed by atoms with Gasteiger partial charge in [0, 0.05) is 37.3 Å². The molecule has 31 heavy (non-hydrogen) atoms. The Morgan fingerprint density at radius 3 is 2.26 bits per heavy atom. The van der Waals surface area contributed by atoms with Gasteiger partial charge in [0.05, 0.1) is 11.1 Å². The van der Waals surface area contributed by atoms with Crippen LogP contribution in [-0.2, 0) is 14.8 Å². The summed E-state index contributed by atoms with van der Waals surface area (Å²) in [5.41, 5.74) is 2.18. The van der Waals surface area contributed by atoms with Crippen molar-refractivity contribution >= 4 is 27.7 Å². The number of benzene rings is 2. The van der Waals surface area contributed by atoms with Crippen molar-refractivity contribution < 1.29 is 17.6 Å². The van der Waals surface area contributed by atoms with Crippen molar-refractivity contribution in [2.45, 2.75) is 24.7 Å². The van der Waals surface area contributed by atoms with E-state index in [0.29, 0.717) is 17.1 Å². The van der Waals surface area contributed by atoms with E-state index in [2.05, 4.69) is 10.3 Å². The maximum absolute atomic E-state index is 12.2. The number of amides is 1. The topological polar surface area (TPSA) is 92.5 Å². The number of carbonyl (C=O) groups excluding carboxylic acids is 1. The van der Waals surface area contributed by atoms with Crippen LogP contribution in [0.3, 0.4) is 0 Å². The summed E-state index contributed by atoms with van der Waals surface area (Å²) in [5.74, 6) is 1.34. The first-order valence-electron chi connectivity index (χ1n) is 9.74. The second kappa shape index (κ2) is 9.28. The number of hydrogen-bond acceptors (Lipinski definition) is 5. The smallest absolute Gasteiger partial charge is 0.248 e. The van der Waals surface area contributed by atoms with Crippen LogP contribution in [0.2, 0.25) is 0 Å². The molecule has 0 aliphatic heterocycles. The molecule has 8 heteroatoms. The van der Waals surface area contributed by atoms with E-state index in [9.17, 15) is 13.2 Å². The summed E-state index contributed by atoms with van der Waals surface area (Å²) in [6, 6.07) is 13.5. The first-order valence-corrected chi connectivity index (χ1v) is 11.2. The molecule has 1 amide bonds. The Kier molecular flexibility index (Phi) is 6.72. The largest absolute Gasteiger partial charge is 0.441 e. The predicted molar refractivity (Wildman–Crippen MR) is 121 cm³/mol. The third kappa shape index (κ3) is 5.48. The fraction of sp³-hybridized carbons (Fsp3) is 0.217. The highest BCUT2D eigenvalue weighted by molar-refractivity contribution is 7.89. The Morgan fingerprint density at radius 1 is 1.06 bits per heavy atom. The van der Waals surface area contributed by atoms with Crippen molar-refractivity contribution in [1.82, 2.24) is 9.29 Å². The summed E-state index contributed by atoms with van der Waals surface area (Å²) < 4.78 is 31.1. The Morgan fingerprint density at radius 2 is 1.71 bits per heavy atom. The zero-order valence-corrected chi connectivity index (χ0v) is 18.7. The lowest BCUT2D eigenvalue weighted by Gasteiger charge is -2.11. The summed E-state index contributed by atoms with van der Waals surface area (Å²) in [7, 11) is -0.513. The Labute approximate surface area is 182 Å². The number of nitrogens with zero attached hydrogens (tertiary/aromatic N) is 2. The molecular weight excluding hydrogens is 414 g/mol. The van der Waals surface area contributed by atoms with Crippen LogP contribution in [0.25, 0.3) is 17.5 Å². The molecule has 3 aromatic rings. The number of carbonyl (C=O) groups is 1. The van der Waals surface area contributed by atoms with E-state index in [1.807, 2.05) is 26.0 Å². The molecule has 0 fully saturated rings. The third-order valence-corrected chi connectivity index (χ3v) is 6.41. The number of rotatable bonds is 7. The van der Waals surface area contributed by atoms with Crippen molar-refractivity contribution in [3.05, 3.63) is 72.1 Å². The van der Waals surface area contributed by atoms with Gasteiger partial charge in [-0.1, -0.05) is 26.0 Å². The molecule has 0 bridgehead atoms. The first-order chi connectivity index (χ1) is 14.7. The molecule has 0 unspecified atom stereocenters. The average Bonchev–Trinajstić information content (AvgIpc) is 3.24. The van der Waals surface area contributed by atoms with Gasteiger partial charge >= 0.3 is 0 Å². The predicted octanol–water partition coefficient (Wildman–Crippen LogP) is 4.37. The minimum atomic E-state index is -3.47. The molecule has 0 saturated heterocycles. The van der Waals surface area contributed by atoms with Gasteiger partial charge in [0.25, 0.3) is 0 Å². The van der Waals surface area contributed by atoms with Crippen molar-refractivity contribution in [1.29, 1.82) is 0 Å². The van der Waals surface area contributed by atoms with Crippen molar-refractivity contribution in [3.63, 3.8) is 0 Å². The molecule has 0 aliphatic carbocycles. The number of nitrogens with one attached hydrogen (secondary N) is 1. The van der Waals surface area contributed by atoms with E-state index in [-0.39, 0.29) is 16.7 Å². The third-order valence-electron chi connectivity index (χ3n) is 4.58. The molecule has 0 radical (unpaired) electrons. The van der Waals surface area contributed by atoms with Crippen LogP contribution in [0.4, 0.5) is 5.69 Å². The van der Waals surface area contributed by atoms with Gasteiger partial charge in [0.1, 0.15) is 5.76 Å². The highest BCUT2D eigenvalue weighted by Gasteiger charge is 2.16. The summed E-state index contributed by atoms with van der Waals surface area (Å²) in [4.78, 5) is 16.7. The highest BCUT2D eigenvalue weighted by Crippen LogP contribution is 2.24. The lowest BCUT2D eigenvalue weighted by Crippen LogP contribution is -2.22. The maximum atomic E-state index is 12.2. The van der Waals surface area contributed by atoms with Gasteiger partial charge in [-0.3, -0.25) is 4.79 Å². The maximum Gasteiger partial charge on any atom is 0.248 e. The Hall–Kier alpha value is -3.23. The molecule has 0 spiro atoms. The van der Waals surface area contributed by atoms with Gasteiger partial charge in [-0.25, -0.2) is 17.7 Å². The molecule has 0 aliphatic rings. The van der Waals surface area contributed by atoms with E-state index in [4.69, 9.17) is 4.42 Å². The molecule has 162 valence electrons. The molecule has 1 aromatic heterocycles. The number of oxazole rings is 1. The van der Waals surface area contributed by atoms with Crippen molar-refractivity contribution in [2.75, 3.05) is 19.4 Å². The Bertz CT molecular complexity index is 1180. The van der Waals surface area contributed by atoms with Crippen LogP contribution >= 0.6 is 0 Å². The lowest BCUT2D eigenvalue weighted by atomic mass is 10.2. The molecule has 1 heterocycles. The standard InChI is InChI=1S/C23H25N3O4S/c1-16(2)21-15-24-23(30-21)18-8-10-19(11-9-18)25-22(27)14-7-17-5-12-20(13-6-17)31(28,29)26(3)4/h5-16H,1-4H3,(H,25,27)/b14-7+. The first kappa shape index (κ1) is 22.5. The SMILES string of the molecule is CC(C)c1cnc(-c2ccc(NC(=O)/C=C/c3ccc(S(=O)(=O)N(C)C)cc3)cc2)o1. The van der Waals surface area contributed by atoms with Crippen molar-refractivity contribution in [2.24, 2.45) is 0 Å². The summed E-state index contributed by atoms with van der Waals surface area (Å²) in [6.45, 7) is 4.08. The zero-order valence-electron chi connectivity index (χ0n) is 17.9. The van der Waals surface area contributed by atoms with Gasteiger partial charge in [-0.2, -0.15) is 0 Å². The molecule has 1 N–H and O–H groups in total. The summed E-state index contributed by atoms with van der Waals surface area (Å²) in [6.07, 6.45) is 4.74. The lowest BCUT2D eigenvalue weighted by molar-refractivity contribution is -0.111. The molecule has 7 nitrogen and oxygen atoms in total. The Balaban J connectivity index is 1.62. The van der Waals surface area contributed by atoms with E-state index >= 15 is 0 Å². The van der Waals surface area contributed by atoms with Gasteiger partial charge in [0.15, 0.2) is 0 Å². The van der Waals surface area contributed by atoms with Crippen LogP contribution in [0.15, 0.2) is 70.1 Å². The summed E-state index contributed by atoms with van der Waals surface area (Å²) in [5, 5.41) is 2.79. The number of anilines is 1. The minimum Gasteiger partial charge on any atom is -0.441 e. The van der Waals surface area contributed by atoms with E-state index in [1.165, 1.54) is 32.3 Å². The fourth-order valence-corrected chi connectivity index (χ4v) is 3.60. The minimum absolute atomic E-state index is 0.200. The van der Waals surface area contributed by atoms with Gasteiger partial charge in [-0.15, -0.1) is 0 Å². The molecule has 0 saturated carbocycles. The number of hydrogen-bond donors (Lipinski definition) is 1. The zero-order chi connectivity index (χ0) is 22.6. The van der Waals surface area contributed by atoms with Crippen molar-refractivity contribution in [3.8, 4) is 11.5 Å². The van der Waals surface area contributed by atoms with Crippen LogP contribution in [0.5, 0.6) is 0 Å². The van der Waals surface area contributed by atoms with E-state index in [1.54, 1.807) is 36.5 Å². The molecular formula is C23H25N3O4S. The van der Waals surface area contributed by atoms with Crippen LogP contribution < -0.4 is 5.32 Å². The fourth-order valence-electron chi connectivity index (χ4n) is 2.70. The van der Waals surface area contributed by atoms with E-state index < -0.39 is 10.0 Å². The molecule has 0 atom stereocenters. The second-order valence-electron chi connectivity index (χ2n) is 7.48. The molecule has 2 aromatic carbocycles. The highest BCUT2D eigenvalue weighted by atomic mass is 32.2. The summed E-state index contributed by atoms with van der Waals surface area (Å²) >= 11 is 0. The quantitative estimate of drug-likeness (QED) is 0.552. The molecule has 3 rings (SSSR count). The van der Waals surface area contributed by atoms with Crippen LogP contribution in [-0.4, -0.2) is 37.7 Å². The number of sulfonamides is 1. The van der Waals surface area contributed by atoms with E-state index in [0.717, 1.165) is 15.6 Å². The van der Waals surface area contributed by atoms with Gasteiger partial charge in [-0.05, 0) is 48.0 Å². The average molecular weight is 440 g/mol.